The molecular formula is C20H21BrN2O5S. The van der Waals surface area contributed by atoms with E-state index in [1.165, 1.54) is 26.3 Å². The van der Waals surface area contributed by atoms with Crippen molar-refractivity contribution >= 4 is 37.9 Å². The predicted molar refractivity (Wildman–Crippen MR) is 113 cm³/mol. The van der Waals surface area contributed by atoms with Gasteiger partial charge < -0.3 is 14.8 Å². The first kappa shape index (κ1) is 21.4. The summed E-state index contributed by atoms with van der Waals surface area (Å²) in [6.07, 6.45) is 3.60. The lowest BCUT2D eigenvalue weighted by Gasteiger charge is -2.26. The van der Waals surface area contributed by atoms with E-state index in [-0.39, 0.29) is 22.6 Å². The predicted octanol–water partition coefficient (Wildman–Crippen LogP) is 3.02. The zero-order chi connectivity index (χ0) is 21.0. The van der Waals surface area contributed by atoms with Gasteiger partial charge in [0.25, 0.3) is 0 Å². The lowest BCUT2D eigenvalue weighted by atomic mass is 10.0. The van der Waals surface area contributed by atoms with Crippen LogP contribution in [0.4, 0.5) is 0 Å². The molecule has 9 heteroatoms. The monoisotopic (exact) mass is 480 g/mol. The van der Waals surface area contributed by atoms with Gasteiger partial charge in [-0.3, -0.25) is 4.79 Å². The number of halogens is 1. The van der Waals surface area contributed by atoms with E-state index in [1.54, 1.807) is 18.2 Å². The largest absolute Gasteiger partial charge is 0.495 e. The van der Waals surface area contributed by atoms with Crippen molar-refractivity contribution in [2.75, 3.05) is 20.8 Å². The minimum absolute atomic E-state index is 0.00765. The van der Waals surface area contributed by atoms with Crippen molar-refractivity contribution in [1.82, 2.24) is 10.0 Å². The number of carbonyl (C=O) groups is 1. The van der Waals surface area contributed by atoms with E-state index in [1.807, 2.05) is 18.2 Å². The van der Waals surface area contributed by atoms with Gasteiger partial charge in [0.2, 0.25) is 15.9 Å². The van der Waals surface area contributed by atoms with E-state index < -0.39 is 10.0 Å². The molecule has 7 nitrogen and oxygen atoms in total. The number of carbonyl (C=O) groups excluding carboxylic acids is 1. The third-order valence-electron chi connectivity index (χ3n) is 4.50. The molecule has 0 radical (unpaired) electrons. The summed E-state index contributed by atoms with van der Waals surface area (Å²) in [5, 5.41) is 2.97. The fourth-order valence-electron chi connectivity index (χ4n) is 3.02. The topological polar surface area (TPSA) is 93.7 Å². The average molecular weight is 481 g/mol. The van der Waals surface area contributed by atoms with Gasteiger partial charge in [-0.05, 0) is 49.0 Å². The average Bonchev–Trinajstić information content (AvgIpc) is 2.72. The van der Waals surface area contributed by atoms with Crippen molar-refractivity contribution in [3.05, 3.63) is 58.1 Å². The molecule has 1 atom stereocenters. The standard InChI is InChI=1S/C20H21BrN2O5S/c1-22-29(25,26)19-11-13(3-6-18(19)27-2)4-8-20(24)23-16-9-10-28-17-7-5-14(21)12-15(16)17/h3-8,11-12,16,22H,9-10H2,1-2H3,(H,23,24)/b8-4+. The number of methoxy groups -OCH3 is 1. The SMILES string of the molecule is CNS(=O)(=O)c1cc(/C=C/C(=O)NC2CCOc3ccc(Br)cc32)ccc1OC. The van der Waals surface area contributed by atoms with Crippen LogP contribution in [0.1, 0.15) is 23.6 Å². The number of nitrogens with one attached hydrogen (secondary N) is 2. The number of fused-ring (bicyclic) bond motifs is 1. The second-order valence-electron chi connectivity index (χ2n) is 6.33. The summed E-state index contributed by atoms with van der Waals surface area (Å²) in [5.74, 6) is 0.702. The van der Waals surface area contributed by atoms with Crippen LogP contribution in [-0.2, 0) is 14.8 Å². The Bertz CT molecular complexity index is 1050. The smallest absolute Gasteiger partial charge is 0.244 e. The molecule has 0 spiro atoms. The van der Waals surface area contributed by atoms with E-state index in [0.29, 0.717) is 18.6 Å². The number of amides is 1. The Labute approximate surface area is 178 Å². The Morgan fingerprint density at radius 1 is 1.28 bits per heavy atom. The fourth-order valence-corrected chi connectivity index (χ4v) is 4.33. The number of hydrogen-bond donors (Lipinski definition) is 2. The first-order valence-electron chi connectivity index (χ1n) is 8.86. The molecule has 29 heavy (non-hydrogen) atoms. The second kappa shape index (κ2) is 8.98. The summed E-state index contributed by atoms with van der Waals surface area (Å²) in [7, 11) is -0.962. The van der Waals surface area contributed by atoms with Crippen molar-refractivity contribution in [2.24, 2.45) is 0 Å². The Kier molecular flexibility index (Phi) is 6.61. The molecule has 154 valence electrons. The van der Waals surface area contributed by atoms with Crippen LogP contribution in [-0.4, -0.2) is 35.1 Å². The van der Waals surface area contributed by atoms with E-state index in [9.17, 15) is 13.2 Å². The highest BCUT2D eigenvalue weighted by molar-refractivity contribution is 9.10. The zero-order valence-electron chi connectivity index (χ0n) is 15.9. The minimum Gasteiger partial charge on any atom is -0.495 e. The van der Waals surface area contributed by atoms with Gasteiger partial charge in [-0.2, -0.15) is 0 Å². The molecule has 2 N–H and O–H groups in total. The first-order valence-corrected chi connectivity index (χ1v) is 11.1. The maximum atomic E-state index is 12.4. The molecule has 1 unspecified atom stereocenters. The van der Waals surface area contributed by atoms with Crippen LogP contribution in [0.3, 0.4) is 0 Å². The molecule has 0 saturated carbocycles. The van der Waals surface area contributed by atoms with Gasteiger partial charge >= 0.3 is 0 Å². The molecule has 1 aliphatic heterocycles. The number of benzene rings is 2. The number of sulfonamides is 1. The fraction of sp³-hybridized carbons (Fsp3) is 0.250. The summed E-state index contributed by atoms with van der Waals surface area (Å²) in [6, 6.07) is 10.2. The third-order valence-corrected chi connectivity index (χ3v) is 6.43. The summed E-state index contributed by atoms with van der Waals surface area (Å²) in [5.41, 5.74) is 1.48. The van der Waals surface area contributed by atoms with Gasteiger partial charge in [0.15, 0.2) is 0 Å². The molecule has 2 aromatic carbocycles. The van der Waals surface area contributed by atoms with Crippen LogP contribution in [0.5, 0.6) is 11.5 Å². The molecule has 0 fully saturated rings. The van der Waals surface area contributed by atoms with Gasteiger partial charge in [-0.15, -0.1) is 0 Å². The van der Waals surface area contributed by atoms with E-state index in [0.717, 1.165) is 15.8 Å². The van der Waals surface area contributed by atoms with Gasteiger partial charge in [0.05, 0.1) is 19.8 Å². The van der Waals surface area contributed by atoms with E-state index >= 15 is 0 Å². The van der Waals surface area contributed by atoms with Gasteiger partial charge in [0, 0.05) is 22.5 Å². The van der Waals surface area contributed by atoms with Crippen LogP contribution < -0.4 is 19.5 Å². The Morgan fingerprint density at radius 3 is 2.79 bits per heavy atom. The van der Waals surface area contributed by atoms with E-state index in [4.69, 9.17) is 9.47 Å². The summed E-state index contributed by atoms with van der Waals surface area (Å²) in [6.45, 7) is 0.521. The van der Waals surface area contributed by atoms with Crippen molar-refractivity contribution in [3.8, 4) is 11.5 Å². The third kappa shape index (κ3) is 4.98. The highest BCUT2D eigenvalue weighted by atomic mass is 79.9. The second-order valence-corrected chi connectivity index (χ2v) is 9.10. The molecule has 0 aliphatic carbocycles. The highest BCUT2D eigenvalue weighted by Gasteiger charge is 2.23. The lowest BCUT2D eigenvalue weighted by molar-refractivity contribution is -0.117. The molecule has 0 aromatic heterocycles. The Hall–Kier alpha value is -2.36. The van der Waals surface area contributed by atoms with Crippen LogP contribution in [0, 0.1) is 0 Å². The molecular weight excluding hydrogens is 460 g/mol. The van der Waals surface area contributed by atoms with Crippen LogP contribution >= 0.6 is 15.9 Å². The summed E-state index contributed by atoms with van der Waals surface area (Å²) in [4.78, 5) is 12.4. The molecule has 1 aliphatic rings. The normalized spacial score (nSPS) is 16.2. The number of rotatable bonds is 6. The molecule has 1 amide bonds. The quantitative estimate of drug-likeness (QED) is 0.619. The Morgan fingerprint density at radius 2 is 2.07 bits per heavy atom. The molecule has 1 heterocycles. The maximum Gasteiger partial charge on any atom is 0.244 e. The van der Waals surface area contributed by atoms with Crippen molar-refractivity contribution < 1.29 is 22.7 Å². The van der Waals surface area contributed by atoms with Gasteiger partial charge in [-0.1, -0.05) is 22.0 Å². The van der Waals surface area contributed by atoms with Crippen LogP contribution in [0.15, 0.2) is 51.8 Å². The summed E-state index contributed by atoms with van der Waals surface area (Å²) >= 11 is 3.44. The summed E-state index contributed by atoms with van der Waals surface area (Å²) < 4.78 is 38.3. The Balaban J connectivity index is 1.77. The number of ether oxygens (including phenoxy) is 2. The van der Waals surface area contributed by atoms with Crippen molar-refractivity contribution in [1.29, 1.82) is 0 Å². The minimum atomic E-state index is -3.69. The van der Waals surface area contributed by atoms with Gasteiger partial charge in [-0.25, -0.2) is 13.1 Å². The molecule has 0 bridgehead atoms. The van der Waals surface area contributed by atoms with Gasteiger partial charge in [0.1, 0.15) is 16.4 Å². The van der Waals surface area contributed by atoms with Crippen molar-refractivity contribution in [3.63, 3.8) is 0 Å². The molecule has 2 aromatic rings. The van der Waals surface area contributed by atoms with Crippen molar-refractivity contribution in [2.45, 2.75) is 17.4 Å². The first-order chi connectivity index (χ1) is 13.8. The number of hydrogen-bond acceptors (Lipinski definition) is 5. The van der Waals surface area contributed by atoms with Crippen LogP contribution in [0.2, 0.25) is 0 Å². The van der Waals surface area contributed by atoms with Crippen LogP contribution in [0.25, 0.3) is 6.08 Å². The lowest BCUT2D eigenvalue weighted by Crippen LogP contribution is -2.31. The molecule has 3 rings (SSSR count). The highest BCUT2D eigenvalue weighted by Crippen LogP contribution is 2.34. The zero-order valence-corrected chi connectivity index (χ0v) is 18.3. The molecule has 0 saturated heterocycles. The van der Waals surface area contributed by atoms with E-state index in [2.05, 4.69) is 26.0 Å². The maximum absolute atomic E-state index is 12.4.